The van der Waals surface area contributed by atoms with E-state index >= 15 is 0 Å². The molecule has 1 amide bonds. The second-order valence-electron chi connectivity index (χ2n) is 3.94. The molecule has 0 bridgehead atoms. The van der Waals surface area contributed by atoms with Crippen molar-refractivity contribution < 1.29 is 9.53 Å². The van der Waals surface area contributed by atoms with E-state index in [9.17, 15) is 4.79 Å². The van der Waals surface area contributed by atoms with Gasteiger partial charge in [-0.3, -0.25) is 14.8 Å². The maximum Gasteiger partial charge on any atom is 0.253 e. The lowest BCUT2D eigenvalue weighted by Crippen LogP contribution is -2.48. The third-order valence-corrected chi connectivity index (χ3v) is 2.72. The fourth-order valence-corrected chi connectivity index (χ4v) is 1.76. The number of carbonyl (C=O) groups is 1. The Balaban J connectivity index is 1.95. The zero-order valence-electron chi connectivity index (χ0n) is 9.09. The van der Waals surface area contributed by atoms with Crippen LogP contribution >= 0.6 is 0 Å². The number of aromatic nitrogens is 2. The maximum atomic E-state index is 12.0. The van der Waals surface area contributed by atoms with Gasteiger partial charge in [0.1, 0.15) is 5.52 Å². The van der Waals surface area contributed by atoms with Crippen LogP contribution in [0.5, 0.6) is 0 Å². The molecular weight excluding hydrogens is 218 g/mol. The first-order valence-corrected chi connectivity index (χ1v) is 5.43. The lowest BCUT2D eigenvalue weighted by atomic mass is 10.1. The first kappa shape index (κ1) is 10.2. The summed E-state index contributed by atoms with van der Waals surface area (Å²) in [7, 11) is 0. The minimum absolute atomic E-state index is 0.120. The molecule has 0 saturated carbocycles. The van der Waals surface area contributed by atoms with Crippen LogP contribution in [0.25, 0.3) is 11.0 Å². The Morgan fingerprint density at radius 2 is 2.12 bits per heavy atom. The molecule has 17 heavy (non-hydrogen) atoms. The summed E-state index contributed by atoms with van der Waals surface area (Å²) >= 11 is 0. The van der Waals surface area contributed by atoms with Gasteiger partial charge in [-0.15, -0.1) is 0 Å². The molecule has 1 aliphatic rings. The molecule has 1 aliphatic heterocycles. The first-order valence-electron chi connectivity index (χ1n) is 5.43. The molecule has 0 radical (unpaired) electrons. The fourth-order valence-electron chi connectivity index (χ4n) is 1.76. The van der Waals surface area contributed by atoms with Crippen molar-refractivity contribution in [3.63, 3.8) is 0 Å². The van der Waals surface area contributed by atoms with Crippen LogP contribution in [0.1, 0.15) is 10.4 Å². The number of nitrogens with one attached hydrogen (secondary N) is 1. The molecule has 1 N–H and O–H groups in total. The van der Waals surface area contributed by atoms with E-state index < -0.39 is 0 Å². The third-order valence-electron chi connectivity index (χ3n) is 2.72. The number of carbonyl (C=O) groups excluding carboxylic acids is 1. The van der Waals surface area contributed by atoms with E-state index in [4.69, 9.17) is 4.74 Å². The summed E-state index contributed by atoms with van der Waals surface area (Å²) in [6.07, 6.45) is 3.20. The summed E-state index contributed by atoms with van der Waals surface area (Å²) in [6.45, 7) is 1.17. The van der Waals surface area contributed by atoms with Crippen LogP contribution in [-0.4, -0.2) is 35.1 Å². The van der Waals surface area contributed by atoms with Crippen molar-refractivity contribution in [3.8, 4) is 0 Å². The smallest absolute Gasteiger partial charge is 0.253 e. The Bertz CT molecular complexity index is 561. The maximum absolute atomic E-state index is 12.0. The zero-order valence-corrected chi connectivity index (χ0v) is 9.09. The molecule has 0 atom stereocenters. The van der Waals surface area contributed by atoms with E-state index in [-0.39, 0.29) is 11.9 Å². The molecule has 2 heterocycles. The summed E-state index contributed by atoms with van der Waals surface area (Å²) in [4.78, 5) is 20.4. The van der Waals surface area contributed by atoms with Gasteiger partial charge in [0.25, 0.3) is 5.91 Å². The van der Waals surface area contributed by atoms with Crippen LogP contribution in [-0.2, 0) is 4.74 Å². The van der Waals surface area contributed by atoms with Crippen molar-refractivity contribution in [3.05, 3.63) is 36.2 Å². The number of hydrogen-bond acceptors (Lipinski definition) is 4. The molecule has 1 saturated heterocycles. The molecule has 0 aliphatic carbocycles. The average molecular weight is 229 g/mol. The summed E-state index contributed by atoms with van der Waals surface area (Å²) in [5.74, 6) is -0.121. The summed E-state index contributed by atoms with van der Waals surface area (Å²) in [6, 6.07) is 5.52. The predicted octanol–water partition coefficient (Wildman–Crippen LogP) is 0.758. The third kappa shape index (κ3) is 1.85. The Morgan fingerprint density at radius 1 is 1.29 bits per heavy atom. The topological polar surface area (TPSA) is 64.1 Å². The quantitative estimate of drug-likeness (QED) is 0.825. The highest BCUT2D eigenvalue weighted by molar-refractivity contribution is 6.04. The number of rotatable bonds is 2. The summed E-state index contributed by atoms with van der Waals surface area (Å²) in [5, 5.41) is 2.89. The number of fused-ring (bicyclic) bond motifs is 1. The van der Waals surface area contributed by atoms with Gasteiger partial charge < -0.3 is 10.1 Å². The number of nitrogens with zero attached hydrogens (tertiary/aromatic N) is 2. The Hall–Kier alpha value is -2.01. The minimum Gasteiger partial charge on any atom is -0.377 e. The molecule has 1 fully saturated rings. The van der Waals surface area contributed by atoms with E-state index in [0.717, 1.165) is 5.52 Å². The minimum atomic E-state index is -0.121. The highest BCUT2D eigenvalue weighted by Crippen LogP contribution is 2.14. The molecule has 86 valence electrons. The van der Waals surface area contributed by atoms with Crippen LogP contribution < -0.4 is 5.32 Å². The van der Waals surface area contributed by atoms with Gasteiger partial charge in [-0.05, 0) is 12.1 Å². The van der Waals surface area contributed by atoms with Crippen LogP contribution in [0.15, 0.2) is 30.6 Å². The molecule has 3 rings (SSSR count). The average Bonchev–Trinajstić information content (AvgIpc) is 2.33. The van der Waals surface area contributed by atoms with Gasteiger partial charge in [-0.2, -0.15) is 0 Å². The second-order valence-corrected chi connectivity index (χ2v) is 3.94. The molecule has 1 aromatic carbocycles. The van der Waals surface area contributed by atoms with E-state index in [1.807, 2.05) is 12.1 Å². The number of hydrogen-bond donors (Lipinski definition) is 1. The number of benzene rings is 1. The Morgan fingerprint density at radius 3 is 2.88 bits per heavy atom. The molecular formula is C12H11N3O2. The number of ether oxygens (including phenoxy) is 1. The monoisotopic (exact) mass is 229 g/mol. The highest BCUT2D eigenvalue weighted by atomic mass is 16.5. The van der Waals surface area contributed by atoms with Gasteiger partial charge in [0, 0.05) is 12.4 Å². The lowest BCUT2D eigenvalue weighted by Gasteiger charge is -2.26. The molecule has 5 heteroatoms. The standard InChI is InChI=1S/C12H11N3O2/c16-12(15-8-6-17-7-8)9-2-1-3-10-11(9)14-5-4-13-10/h1-5,8H,6-7H2,(H,15,16). The van der Waals surface area contributed by atoms with E-state index in [0.29, 0.717) is 24.3 Å². The van der Waals surface area contributed by atoms with E-state index in [1.165, 1.54) is 0 Å². The van der Waals surface area contributed by atoms with Gasteiger partial charge in [0.2, 0.25) is 0 Å². The van der Waals surface area contributed by atoms with Gasteiger partial charge in [0.15, 0.2) is 0 Å². The van der Waals surface area contributed by atoms with Crippen molar-refractivity contribution in [1.29, 1.82) is 0 Å². The number of amides is 1. The first-order chi connectivity index (χ1) is 8.34. The molecule has 2 aromatic rings. The van der Waals surface area contributed by atoms with Crippen molar-refractivity contribution in [2.24, 2.45) is 0 Å². The predicted molar refractivity (Wildman–Crippen MR) is 61.6 cm³/mol. The normalized spacial score (nSPS) is 15.5. The molecule has 5 nitrogen and oxygen atoms in total. The summed E-state index contributed by atoms with van der Waals surface area (Å²) < 4.78 is 5.02. The van der Waals surface area contributed by atoms with Crippen molar-refractivity contribution in [2.45, 2.75) is 6.04 Å². The second kappa shape index (κ2) is 4.10. The van der Waals surface area contributed by atoms with Crippen LogP contribution in [0.4, 0.5) is 0 Å². The largest absolute Gasteiger partial charge is 0.377 e. The Labute approximate surface area is 97.8 Å². The van der Waals surface area contributed by atoms with Crippen molar-refractivity contribution in [2.75, 3.05) is 13.2 Å². The SMILES string of the molecule is O=C(NC1COC1)c1cccc2nccnc12. The van der Waals surface area contributed by atoms with Gasteiger partial charge in [-0.1, -0.05) is 6.07 Å². The van der Waals surface area contributed by atoms with Crippen molar-refractivity contribution >= 4 is 16.9 Å². The zero-order chi connectivity index (χ0) is 11.7. The molecule has 1 aromatic heterocycles. The number of para-hydroxylation sites is 1. The van der Waals surface area contributed by atoms with Gasteiger partial charge in [0.05, 0.1) is 30.3 Å². The molecule has 0 spiro atoms. The van der Waals surface area contributed by atoms with Crippen molar-refractivity contribution in [1.82, 2.24) is 15.3 Å². The van der Waals surface area contributed by atoms with E-state index in [1.54, 1.807) is 18.5 Å². The summed E-state index contributed by atoms with van der Waals surface area (Å²) in [5.41, 5.74) is 1.92. The fraction of sp³-hybridized carbons (Fsp3) is 0.250. The van der Waals surface area contributed by atoms with E-state index in [2.05, 4.69) is 15.3 Å². The van der Waals surface area contributed by atoms with Crippen LogP contribution in [0, 0.1) is 0 Å². The van der Waals surface area contributed by atoms with Crippen LogP contribution in [0.2, 0.25) is 0 Å². The van der Waals surface area contributed by atoms with Gasteiger partial charge in [-0.25, -0.2) is 0 Å². The van der Waals surface area contributed by atoms with Gasteiger partial charge >= 0.3 is 0 Å². The highest BCUT2D eigenvalue weighted by Gasteiger charge is 2.22. The van der Waals surface area contributed by atoms with Crippen LogP contribution in [0.3, 0.4) is 0 Å². The lowest BCUT2D eigenvalue weighted by molar-refractivity contribution is -0.00343. The Kier molecular flexibility index (Phi) is 2.45. The molecule has 0 unspecified atom stereocenters.